The smallest absolute Gasteiger partial charge is 0.332 e. The minimum absolute atomic E-state index is 0.104. The molecule has 4 N–H and O–H groups in total. The predicted octanol–water partition coefficient (Wildman–Crippen LogP) is 1.52. The molecule has 0 saturated carbocycles. The largest absolute Gasteiger partial charge is 0.417 e. The zero-order chi connectivity index (χ0) is 18.9. The second-order valence-electron chi connectivity index (χ2n) is 5.94. The van der Waals surface area contributed by atoms with Gasteiger partial charge in [0, 0.05) is 12.4 Å². The molecule has 0 bridgehead atoms. The molecule has 3 rings (SSSR count). The van der Waals surface area contributed by atoms with Crippen molar-refractivity contribution in [3.8, 4) is 0 Å². The maximum atomic E-state index is 13.0. The van der Waals surface area contributed by atoms with Crippen molar-refractivity contribution in [3.63, 3.8) is 0 Å². The lowest BCUT2D eigenvalue weighted by Gasteiger charge is -2.30. The first-order valence-electron chi connectivity index (χ1n) is 7.64. The van der Waals surface area contributed by atoms with Crippen LogP contribution in [0.25, 0.3) is 0 Å². The first kappa shape index (κ1) is 17.9. The summed E-state index contributed by atoms with van der Waals surface area (Å²) in [4.78, 5) is 11.9. The molecular formula is C15H17F3N8. The third kappa shape index (κ3) is 3.67. The molecule has 3 heterocycles. The van der Waals surface area contributed by atoms with Crippen LogP contribution in [0.15, 0.2) is 41.6 Å². The van der Waals surface area contributed by atoms with Gasteiger partial charge in [-0.05, 0) is 19.9 Å². The summed E-state index contributed by atoms with van der Waals surface area (Å²) in [6.45, 7) is 3.45. The van der Waals surface area contributed by atoms with Crippen molar-refractivity contribution in [2.75, 3.05) is 5.32 Å². The van der Waals surface area contributed by atoms with Crippen LogP contribution >= 0.6 is 0 Å². The molecule has 0 spiro atoms. The van der Waals surface area contributed by atoms with Crippen molar-refractivity contribution in [1.29, 1.82) is 0 Å². The van der Waals surface area contributed by atoms with E-state index in [1.807, 2.05) is 6.92 Å². The molecule has 0 radical (unpaired) electrons. The molecule has 2 aromatic rings. The molecule has 1 aliphatic rings. The fourth-order valence-electron chi connectivity index (χ4n) is 2.47. The SMILES string of the molecule is Cc1c(NC2=NC(C)(N)C(C(F)(F)F)=CN2)cnn1Cc1ccncn1. The van der Waals surface area contributed by atoms with Gasteiger partial charge in [-0.25, -0.2) is 15.0 Å². The standard InChI is InChI=1S/C15H17F3N8/c1-9-11(5-23-26(9)7-10-3-4-20-8-22-10)24-13-21-6-12(15(16,17)18)14(2,19)25-13/h3-6,8H,7,19H2,1-2H3,(H2,21,24,25). The second kappa shape index (κ2) is 6.41. The van der Waals surface area contributed by atoms with Gasteiger partial charge < -0.3 is 16.4 Å². The number of anilines is 1. The summed E-state index contributed by atoms with van der Waals surface area (Å²) in [5.41, 5.74) is 4.99. The van der Waals surface area contributed by atoms with E-state index in [2.05, 4.69) is 30.7 Å². The highest BCUT2D eigenvalue weighted by Gasteiger charge is 2.45. The van der Waals surface area contributed by atoms with E-state index >= 15 is 0 Å². The zero-order valence-corrected chi connectivity index (χ0v) is 14.0. The Hall–Kier alpha value is -2.95. The van der Waals surface area contributed by atoms with Crippen LogP contribution in [0.2, 0.25) is 0 Å². The van der Waals surface area contributed by atoms with E-state index < -0.39 is 17.4 Å². The molecule has 0 saturated heterocycles. The van der Waals surface area contributed by atoms with Gasteiger partial charge in [0.15, 0.2) is 0 Å². The molecule has 1 aliphatic heterocycles. The monoisotopic (exact) mass is 366 g/mol. The summed E-state index contributed by atoms with van der Waals surface area (Å²) in [5, 5.41) is 9.65. The van der Waals surface area contributed by atoms with Gasteiger partial charge in [-0.3, -0.25) is 4.68 Å². The van der Waals surface area contributed by atoms with Gasteiger partial charge in [0.2, 0.25) is 5.96 Å². The quantitative estimate of drug-likeness (QED) is 0.761. The molecule has 0 fully saturated rings. The first-order chi connectivity index (χ1) is 12.2. The maximum Gasteiger partial charge on any atom is 0.417 e. The zero-order valence-electron chi connectivity index (χ0n) is 14.0. The summed E-state index contributed by atoms with van der Waals surface area (Å²) in [7, 11) is 0. The van der Waals surface area contributed by atoms with Gasteiger partial charge in [0.05, 0.1) is 35.4 Å². The Balaban J connectivity index is 1.76. The highest BCUT2D eigenvalue weighted by molar-refractivity contribution is 5.95. The van der Waals surface area contributed by atoms with Gasteiger partial charge in [0.1, 0.15) is 12.0 Å². The number of rotatable bonds is 3. The Labute approximate surface area is 147 Å². The van der Waals surface area contributed by atoms with Crippen LogP contribution in [0.1, 0.15) is 18.3 Å². The van der Waals surface area contributed by atoms with Crippen LogP contribution in [-0.4, -0.2) is 37.5 Å². The predicted molar refractivity (Wildman–Crippen MR) is 89.0 cm³/mol. The molecule has 11 heteroatoms. The Bertz CT molecular complexity index is 852. The summed E-state index contributed by atoms with van der Waals surface area (Å²) in [6.07, 6.45) is 0.881. The number of halogens is 3. The minimum atomic E-state index is -4.57. The van der Waals surface area contributed by atoms with E-state index in [1.165, 1.54) is 13.3 Å². The van der Waals surface area contributed by atoms with E-state index in [0.29, 0.717) is 12.2 Å². The van der Waals surface area contributed by atoms with Crippen molar-refractivity contribution in [2.45, 2.75) is 32.2 Å². The van der Waals surface area contributed by atoms with Crippen LogP contribution in [0.4, 0.5) is 18.9 Å². The fraction of sp³-hybridized carbons (Fsp3) is 0.333. The Morgan fingerprint density at radius 2 is 2.15 bits per heavy atom. The molecule has 1 atom stereocenters. The number of guanidine groups is 1. The normalized spacial score (nSPS) is 20.2. The molecule has 0 aliphatic carbocycles. The highest BCUT2D eigenvalue weighted by Crippen LogP contribution is 2.34. The lowest BCUT2D eigenvalue weighted by molar-refractivity contribution is -0.100. The van der Waals surface area contributed by atoms with Gasteiger partial charge >= 0.3 is 6.18 Å². The molecule has 2 aromatic heterocycles. The summed E-state index contributed by atoms with van der Waals surface area (Å²) in [5.74, 6) is 0.104. The van der Waals surface area contributed by atoms with Crippen LogP contribution < -0.4 is 16.4 Å². The van der Waals surface area contributed by atoms with Gasteiger partial charge in [-0.15, -0.1) is 0 Å². The maximum absolute atomic E-state index is 13.0. The topological polar surface area (TPSA) is 106 Å². The molecule has 26 heavy (non-hydrogen) atoms. The van der Waals surface area contributed by atoms with Gasteiger partial charge in [0.25, 0.3) is 0 Å². The van der Waals surface area contributed by atoms with Crippen LogP contribution in [0.3, 0.4) is 0 Å². The average Bonchev–Trinajstić information content (AvgIpc) is 2.87. The molecular weight excluding hydrogens is 349 g/mol. The Morgan fingerprint density at radius 3 is 2.77 bits per heavy atom. The number of hydrogen-bond acceptors (Lipinski definition) is 7. The van der Waals surface area contributed by atoms with E-state index in [0.717, 1.165) is 17.6 Å². The van der Waals surface area contributed by atoms with E-state index in [9.17, 15) is 13.2 Å². The van der Waals surface area contributed by atoms with Crippen LogP contribution in [0.5, 0.6) is 0 Å². The second-order valence-corrected chi connectivity index (χ2v) is 5.94. The van der Waals surface area contributed by atoms with Crippen molar-refractivity contribution < 1.29 is 13.2 Å². The van der Waals surface area contributed by atoms with Crippen molar-refractivity contribution in [1.82, 2.24) is 25.1 Å². The van der Waals surface area contributed by atoms with Crippen molar-refractivity contribution in [2.24, 2.45) is 10.7 Å². The van der Waals surface area contributed by atoms with Gasteiger partial charge in [-0.1, -0.05) is 0 Å². The summed E-state index contributed by atoms with van der Waals surface area (Å²) < 4.78 is 40.6. The average molecular weight is 366 g/mol. The number of aromatic nitrogens is 4. The molecule has 8 nitrogen and oxygen atoms in total. The molecule has 1 unspecified atom stereocenters. The third-order valence-electron chi connectivity index (χ3n) is 3.86. The number of alkyl halides is 3. The third-order valence-corrected chi connectivity index (χ3v) is 3.86. The summed E-state index contributed by atoms with van der Waals surface area (Å²) >= 11 is 0. The minimum Gasteiger partial charge on any atom is -0.332 e. The van der Waals surface area contributed by atoms with E-state index in [1.54, 1.807) is 23.1 Å². The first-order valence-corrected chi connectivity index (χ1v) is 7.64. The van der Waals surface area contributed by atoms with Crippen LogP contribution in [0, 0.1) is 6.92 Å². The number of nitrogens with one attached hydrogen (secondary N) is 2. The van der Waals surface area contributed by atoms with Crippen molar-refractivity contribution >= 4 is 11.6 Å². The summed E-state index contributed by atoms with van der Waals surface area (Å²) in [6, 6.07) is 1.77. The molecule has 0 aromatic carbocycles. The lowest BCUT2D eigenvalue weighted by atomic mass is 10.0. The van der Waals surface area contributed by atoms with E-state index in [4.69, 9.17) is 5.73 Å². The lowest BCUT2D eigenvalue weighted by Crippen LogP contribution is -2.49. The number of hydrogen-bond donors (Lipinski definition) is 3. The van der Waals surface area contributed by atoms with E-state index in [-0.39, 0.29) is 5.96 Å². The fourth-order valence-corrected chi connectivity index (χ4v) is 2.47. The molecule has 138 valence electrons. The van der Waals surface area contributed by atoms with Crippen LogP contribution in [-0.2, 0) is 6.54 Å². The molecule has 0 amide bonds. The Kier molecular flexibility index (Phi) is 4.40. The highest BCUT2D eigenvalue weighted by atomic mass is 19.4. The number of aliphatic imine (C=N–C) groups is 1. The number of nitrogens with two attached hydrogens (primary N) is 1. The van der Waals surface area contributed by atoms with Gasteiger partial charge in [-0.2, -0.15) is 18.3 Å². The van der Waals surface area contributed by atoms with Crippen molar-refractivity contribution in [3.05, 3.63) is 47.9 Å². The Morgan fingerprint density at radius 1 is 1.38 bits per heavy atom. The number of nitrogens with zero attached hydrogens (tertiary/aromatic N) is 5.